The topological polar surface area (TPSA) is 66.8 Å². The fraction of sp³-hybridized carbons (Fsp3) is 0.316. The number of nitrogens with one attached hydrogen (secondary N) is 1. The maximum atomic E-state index is 9.37. The van der Waals surface area contributed by atoms with Gasteiger partial charge in [0.1, 0.15) is 12.2 Å². The van der Waals surface area contributed by atoms with Gasteiger partial charge in [0.25, 0.3) is 0 Å². The zero-order chi connectivity index (χ0) is 17.4. The van der Waals surface area contributed by atoms with Crippen LogP contribution in [0.5, 0.6) is 17.2 Å². The second-order valence-corrected chi connectivity index (χ2v) is 6.15. The Morgan fingerprint density at radius 2 is 2.16 bits per heavy atom. The van der Waals surface area contributed by atoms with Crippen LogP contribution in [0.2, 0.25) is 0 Å². The Kier molecular flexibility index (Phi) is 3.86. The van der Waals surface area contributed by atoms with Gasteiger partial charge in [-0.15, -0.1) is 0 Å². The van der Waals surface area contributed by atoms with Gasteiger partial charge in [0.05, 0.1) is 18.4 Å². The van der Waals surface area contributed by atoms with Gasteiger partial charge in [-0.05, 0) is 37.2 Å². The van der Waals surface area contributed by atoms with Crippen molar-refractivity contribution in [3.63, 3.8) is 0 Å². The highest BCUT2D eigenvalue weighted by molar-refractivity contribution is 5.64. The Morgan fingerprint density at radius 3 is 2.96 bits per heavy atom. The number of likely N-dealkylation sites (N-methyl/N-ethyl adjacent to an activating group) is 1. The van der Waals surface area contributed by atoms with Crippen molar-refractivity contribution in [2.45, 2.75) is 12.6 Å². The molecule has 2 aromatic carbocycles. The van der Waals surface area contributed by atoms with E-state index in [2.05, 4.69) is 23.3 Å². The van der Waals surface area contributed by atoms with Crippen molar-refractivity contribution in [1.82, 2.24) is 4.90 Å². The molecule has 2 aliphatic heterocycles. The smallest absolute Gasteiger partial charge is 0.231 e. The van der Waals surface area contributed by atoms with E-state index in [0.29, 0.717) is 17.1 Å². The quantitative estimate of drug-likeness (QED) is 0.929. The molecule has 0 aliphatic carbocycles. The van der Waals surface area contributed by atoms with Crippen LogP contribution in [0.4, 0.5) is 5.69 Å². The zero-order valence-corrected chi connectivity index (χ0v) is 14.2. The standard InChI is InChI=1S/C19H19N3O3/c1-22-8-7-12-9-15-17(25-11-24-15)18(23-2)16(12)19(22)21-14-6-4-3-5-13(14)10-20/h3-6,9,19,21H,7-8,11H2,1-2H3. The number of ether oxygens (including phenoxy) is 3. The number of fused-ring (bicyclic) bond motifs is 2. The molecule has 2 aliphatic rings. The number of benzene rings is 2. The van der Waals surface area contributed by atoms with Crippen molar-refractivity contribution >= 4 is 5.69 Å². The first-order valence-corrected chi connectivity index (χ1v) is 8.18. The van der Waals surface area contributed by atoms with E-state index in [1.165, 1.54) is 5.56 Å². The molecule has 4 rings (SSSR count). The Labute approximate surface area is 146 Å². The van der Waals surface area contributed by atoms with E-state index in [4.69, 9.17) is 14.2 Å². The molecule has 0 fully saturated rings. The molecule has 2 heterocycles. The fourth-order valence-corrected chi connectivity index (χ4v) is 3.47. The number of nitriles is 1. The molecule has 0 bridgehead atoms. The van der Waals surface area contributed by atoms with Gasteiger partial charge in [0.15, 0.2) is 11.5 Å². The minimum absolute atomic E-state index is 0.123. The molecule has 0 aromatic heterocycles. The number of rotatable bonds is 3. The summed E-state index contributed by atoms with van der Waals surface area (Å²) in [4.78, 5) is 2.21. The monoisotopic (exact) mass is 337 g/mol. The molecular formula is C19H19N3O3. The fourth-order valence-electron chi connectivity index (χ4n) is 3.47. The van der Waals surface area contributed by atoms with Crippen LogP contribution in [0.25, 0.3) is 0 Å². The predicted molar refractivity (Wildman–Crippen MR) is 93.0 cm³/mol. The van der Waals surface area contributed by atoms with Gasteiger partial charge in [0, 0.05) is 12.1 Å². The SMILES string of the molecule is COc1c2c(cc3c1C(Nc1ccccc1C#N)N(C)CC3)OCO2. The number of para-hydroxylation sites is 1. The molecule has 0 amide bonds. The molecule has 0 spiro atoms. The summed E-state index contributed by atoms with van der Waals surface area (Å²) in [5, 5.41) is 12.9. The molecule has 2 aromatic rings. The highest BCUT2D eigenvalue weighted by atomic mass is 16.7. The lowest BCUT2D eigenvalue weighted by atomic mass is 9.94. The molecule has 0 saturated carbocycles. The van der Waals surface area contributed by atoms with Gasteiger partial charge in [-0.1, -0.05) is 12.1 Å². The molecule has 1 atom stereocenters. The van der Waals surface area contributed by atoms with E-state index >= 15 is 0 Å². The van der Waals surface area contributed by atoms with E-state index in [1.807, 2.05) is 30.3 Å². The van der Waals surface area contributed by atoms with Crippen LogP contribution in [0.1, 0.15) is 22.9 Å². The largest absolute Gasteiger partial charge is 0.492 e. The lowest BCUT2D eigenvalue weighted by Crippen LogP contribution is -2.37. The van der Waals surface area contributed by atoms with Gasteiger partial charge in [-0.3, -0.25) is 4.90 Å². The summed E-state index contributed by atoms with van der Waals surface area (Å²) in [6, 6.07) is 11.8. The van der Waals surface area contributed by atoms with Crippen LogP contribution in [0, 0.1) is 11.3 Å². The molecular weight excluding hydrogens is 318 g/mol. The molecule has 0 radical (unpaired) electrons. The molecule has 6 heteroatoms. The van der Waals surface area contributed by atoms with Gasteiger partial charge in [0.2, 0.25) is 12.5 Å². The number of hydrogen-bond acceptors (Lipinski definition) is 6. The Balaban J connectivity index is 1.82. The molecule has 25 heavy (non-hydrogen) atoms. The van der Waals surface area contributed by atoms with Crippen LogP contribution in [-0.4, -0.2) is 32.4 Å². The minimum Gasteiger partial charge on any atom is -0.492 e. The van der Waals surface area contributed by atoms with Crippen LogP contribution in [0.3, 0.4) is 0 Å². The van der Waals surface area contributed by atoms with Gasteiger partial charge in [-0.2, -0.15) is 5.26 Å². The van der Waals surface area contributed by atoms with Gasteiger partial charge in [-0.25, -0.2) is 0 Å². The van der Waals surface area contributed by atoms with Crippen molar-refractivity contribution in [3.8, 4) is 23.3 Å². The predicted octanol–water partition coefficient (Wildman–Crippen LogP) is 2.89. The van der Waals surface area contributed by atoms with E-state index in [1.54, 1.807) is 7.11 Å². The van der Waals surface area contributed by atoms with E-state index in [9.17, 15) is 5.26 Å². The third kappa shape index (κ3) is 2.53. The lowest BCUT2D eigenvalue weighted by Gasteiger charge is -2.36. The van der Waals surface area contributed by atoms with E-state index < -0.39 is 0 Å². The summed E-state index contributed by atoms with van der Waals surface area (Å²) in [5.41, 5.74) is 3.62. The molecule has 1 N–H and O–H groups in total. The minimum atomic E-state index is -0.123. The highest BCUT2D eigenvalue weighted by Gasteiger charge is 2.34. The first-order valence-electron chi connectivity index (χ1n) is 8.18. The highest BCUT2D eigenvalue weighted by Crippen LogP contribution is 2.49. The average Bonchev–Trinajstić information content (AvgIpc) is 3.11. The summed E-state index contributed by atoms with van der Waals surface area (Å²) in [6.07, 6.45) is 0.777. The summed E-state index contributed by atoms with van der Waals surface area (Å²) in [7, 11) is 3.70. The zero-order valence-electron chi connectivity index (χ0n) is 14.2. The van der Waals surface area contributed by atoms with Crippen molar-refractivity contribution < 1.29 is 14.2 Å². The second kappa shape index (κ2) is 6.19. The Morgan fingerprint density at radius 1 is 1.32 bits per heavy atom. The van der Waals surface area contributed by atoms with Crippen molar-refractivity contribution in [1.29, 1.82) is 5.26 Å². The van der Waals surface area contributed by atoms with Crippen LogP contribution < -0.4 is 19.5 Å². The first kappa shape index (κ1) is 15.6. The van der Waals surface area contributed by atoms with Crippen LogP contribution in [-0.2, 0) is 6.42 Å². The third-order valence-electron chi connectivity index (χ3n) is 4.74. The molecule has 128 valence electrons. The second-order valence-electron chi connectivity index (χ2n) is 6.15. The Hall–Kier alpha value is -2.91. The van der Waals surface area contributed by atoms with Crippen molar-refractivity contribution in [3.05, 3.63) is 47.0 Å². The average molecular weight is 337 g/mol. The first-order chi connectivity index (χ1) is 12.2. The van der Waals surface area contributed by atoms with E-state index in [0.717, 1.165) is 30.0 Å². The van der Waals surface area contributed by atoms with Crippen LogP contribution >= 0.6 is 0 Å². The van der Waals surface area contributed by atoms with Gasteiger partial charge >= 0.3 is 0 Å². The van der Waals surface area contributed by atoms with Crippen LogP contribution in [0.15, 0.2) is 30.3 Å². The van der Waals surface area contributed by atoms with Crippen molar-refractivity contribution in [2.24, 2.45) is 0 Å². The normalized spacial score (nSPS) is 18.4. The molecule has 0 saturated heterocycles. The summed E-state index contributed by atoms with van der Waals surface area (Å²) in [5.74, 6) is 2.08. The third-order valence-corrected chi connectivity index (χ3v) is 4.74. The summed E-state index contributed by atoms with van der Waals surface area (Å²) < 4.78 is 16.9. The number of anilines is 1. The van der Waals surface area contributed by atoms with Gasteiger partial charge < -0.3 is 19.5 Å². The van der Waals surface area contributed by atoms with E-state index in [-0.39, 0.29) is 13.0 Å². The molecule has 1 unspecified atom stereocenters. The number of nitrogens with zero attached hydrogens (tertiary/aromatic N) is 2. The molecule has 6 nitrogen and oxygen atoms in total. The van der Waals surface area contributed by atoms with Crippen molar-refractivity contribution in [2.75, 3.05) is 32.8 Å². The number of methoxy groups -OCH3 is 1. The Bertz CT molecular complexity index is 860. The number of hydrogen-bond donors (Lipinski definition) is 1. The summed E-state index contributed by atoms with van der Waals surface area (Å²) >= 11 is 0. The maximum Gasteiger partial charge on any atom is 0.231 e. The maximum absolute atomic E-state index is 9.37. The lowest BCUT2D eigenvalue weighted by molar-refractivity contribution is 0.170. The summed E-state index contributed by atoms with van der Waals surface area (Å²) in [6.45, 7) is 1.10.